The number of benzene rings is 1. The molecule has 1 aliphatic rings. The number of thiophene rings is 1. The summed E-state index contributed by atoms with van der Waals surface area (Å²) in [6.07, 6.45) is 1.21. The summed E-state index contributed by atoms with van der Waals surface area (Å²) in [6, 6.07) is 8.06. The van der Waals surface area contributed by atoms with Crippen LogP contribution in [0.5, 0.6) is 0 Å². The summed E-state index contributed by atoms with van der Waals surface area (Å²) in [5.41, 5.74) is 2.00. The number of rotatable bonds is 14. The molecule has 0 amide bonds. The Morgan fingerprint density at radius 2 is 1.72 bits per heavy atom. The lowest BCUT2D eigenvalue weighted by Gasteiger charge is -2.44. The van der Waals surface area contributed by atoms with Crippen LogP contribution in [0.25, 0.3) is 0 Å². The van der Waals surface area contributed by atoms with E-state index in [1.54, 1.807) is 30.3 Å². The molecule has 1 fully saturated rings. The van der Waals surface area contributed by atoms with Crippen molar-refractivity contribution >= 4 is 64.8 Å². The first kappa shape index (κ1) is 36.9. The van der Waals surface area contributed by atoms with Gasteiger partial charge in [0.25, 0.3) is 0 Å². The minimum Gasteiger partial charge on any atom is -0.410 e. The number of carbonyl (C=O) groups is 1. The van der Waals surface area contributed by atoms with Crippen molar-refractivity contribution in [2.45, 2.75) is 95.4 Å². The number of carbonyl (C=O) groups excluding carboxylic acids is 1. The molecule has 4 rings (SSSR count). The third kappa shape index (κ3) is 8.01. The molecule has 1 aliphatic carbocycles. The van der Waals surface area contributed by atoms with Gasteiger partial charge in [-0.15, -0.1) is 11.3 Å². The summed E-state index contributed by atoms with van der Waals surface area (Å²) >= 11 is 13.7. The zero-order valence-electron chi connectivity index (χ0n) is 27.0. The Morgan fingerprint density at radius 1 is 1.07 bits per heavy atom. The predicted octanol–water partition coefficient (Wildman–Crippen LogP) is 7.14. The second-order valence-corrected chi connectivity index (χ2v) is 21.5. The number of aliphatic hydroxyl groups is 1. The number of nitrogens with one attached hydrogen (secondary N) is 2. The van der Waals surface area contributed by atoms with Gasteiger partial charge in [-0.25, -0.2) is 9.97 Å². The van der Waals surface area contributed by atoms with Crippen molar-refractivity contribution in [2.75, 3.05) is 12.4 Å². The van der Waals surface area contributed by atoms with E-state index in [-0.39, 0.29) is 38.3 Å². The number of nitrogens with zero attached hydrogens (tertiary/aromatic N) is 2. The van der Waals surface area contributed by atoms with Crippen LogP contribution in [0.15, 0.2) is 42.9 Å². The Balaban J connectivity index is 1.61. The summed E-state index contributed by atoms with van der Waals surface area (Å²) in [5.74, 6) is -0.0795. The van der Waals surface area contributed by atoms with Gasteiger partial charge in [0.1, 0.15) is 24.4 Å². The lowest BCUT2D eigenvalue weighted by molar-refractivity contribution is 0.0678. The molecule has 0 radical (unpaired) electrons. The van der Waals surface area contributed by atoms with E-state index in [9.17, 15) is 18.3 Å². The maximum atomic E-state index is 13.8. The van der Waals surface area contributed by atoms with Crippen LogP contribution in [0.3, 0.4) is 0 Å². The van der Waals surface area contributed by atoms with Crippen molar-refractivity contribution in [1.82, 2.24) is 14.7 Å². The second-order valence-electron chi connectivity index (χ2n) is 12.5. The van der Waals surface area contributed by atoms with Crippen molar-refractivity contribution < 1.29 is 26.9 Å². The van der Waals surface area contributed by atoms with E-state index >= 15 is 0 Å². The minimum absolute atomic E-state index is 0.212. The highest BCUT2D eigenvalue weighted by molar-refractivity contribution is 7.84. The standard InChI is InChI=1S/C31H42Cl2N4O6S2Si/c1-17(2)46(18(3)4,19(5)6)43-26-13-22(12-25(26)42-45(40,41)34-7)37-31-24(15-35-16-36-31)29(39)27-14-23(30(33)44-27)28(38)20-9-8-10-21(32)11-20/h8-11,14-19,22,25-26,28,34,38H,12-13H2,1-7H3,(H,35,36,37)/t22-,25+,26-,28-/m0/s1. The van der Waals surface area contributed by atoms with Crippen molar-refractivity contribution in [1.29, 1.82) is 0 Å². The minimum atomic E-state index is -4.00. The summed E-state index contributed by atoms with van der Waals surface area (Å²) in [4.78, 5) is 22.5. The van der Waals surface area contributed by atoms with Crippen LogP contribution < -0.4 is 10.0 Å². The molecule has 1 aromatic carbocycles. The van der Waals surface area contributed by atoms with Crippen molar-refractivity contribution in [3.05, 3.63) is 73.8 Å². The van der Waals surface area contributed by atoms with Crippen LogP contribution in [0, 0.1) is 0 Å². The second kappa shape index (κ2) is 15.1. The zero-order chi connectivity index (χ0) is 34.0. The molecular formula is C31H42Cl2N4O6S2Si. The van der Waals surface area contributed by atoms with Crippen LogP contribution >= 0.6 is 34.5 Å². The van der Waals surface area contributed by atoms with Gasteiger partial charge in [0.15, 0.2) is 0 Å². The monoisotopic (exact) mass is 728 g/mol. The first-order valence-electron chi connectivity index (χ1n) is 15.2. The third-order valence-electron chi connectivity index (χ3n) is 8.70. The van der Waals surface area contributed by atoms with Crippen LogP contribution in [-0.2, 0) is 18.9 Å². The molecular weight excluding hydrogens is 687 g/mol. The molecule has 0 spiro atoms. The molecule has 1 saturated carbocycles. The van der Waals surface area contributed by atoms with Gasteiger partial charge in [-0.2, -0.15) is 13.1 Å². The van der Waals surface area contributed by atoms with E-state index < -0.39 is 36.9 Å². The maximum Gasteiger partial charge on any atom is 0.335 e. The fourth-order valence-electron chi connectivity index (χ4n) is 6.66. The number of hydrogen-bond donors (Lipinski definition) is 3. The SMILES string of the molecule is CNS(=O)(=O)O[C@@H]1C[C@H](Nc2ncncc2C(=O)c2cc([C@@H](O)c3cccc(Cl)c3)c(Cl)s2)C[C@@H]1O[Si](C(C)C)(C(C)C)C(C)C. The molecule has 46 heavy (non-hydrogen) atoms. The van der Waals surface area contributed by atoms with E-state index in [1.807, 2.05) is 0 Å². The Bertz CT molecular complexity index is 1620. The Hall–Kier alpha value is -1.94. The van der Waals surface area contributed by atoms with Crippen molar-refractivity contribution in [2.24, 2.45) is 0 Å². The Kier molecular flexibility index (Phi) is 12.1. The molecule has 4 atom stereocenters. The van der Waals surface area contributed by atoms with E-state index in [0.717, 1.165) is 11.3 Å². The molecule has 0 saturated heterocycles. The number of hydrogen-bond acceptors (Lipinski definition) is 10. The smallest absolute Gasteiger partial charge is 0.335 e. The first-order chi connectivity index (χ1) is 21.6. The highest BCUT2D eigenvalue weighted by Gasteiger charge is 2.50. The van der Waals surface area contributed by atoms with E-state index in [0.29, 0.717) is 39.7 Å². The van der Waals surface area contributed by atoms with Gasteiger partial charge < -0.3 is 14.8 Å². The Labute approximate surface area is 286 Å². The molecule has 15 heteroatoms. The zero-order valence-corrected chi connectivity index (χ0v) is 31.1. The summed E-state index contributed by atoms with van der Waals surface area (Å²) in [6.45, 7) is 13.0. The number of aliphatic hydroxyl groups excluding tert-OH is 1. The lowest BCUT2D eigenvalue weighted by atomic mass is 10.0. The number of aromatic nitrogens is 2. The highest BCUT2D eigenvalue weighted by Crippen LogP contribution is 2.45. The van der Waals surface area contributed by atoms with Crippen LogP contribution in [0.2, 0.25) is 26.0 Å². The average molecular weight is 730 g/mol. The van der Waals surface area contributed by atoms with Gasteiger partial charge in [0.05, 0.1) is 20.9 Å². The third-order valence-corrected chi connectivity index (χ3v) is 17.5. The first-order valence-corrected chi connectivity index (χ1v) is 20.3. The van der Waals surface area contributed by atoms with E-state index in [2.05, 4.69) is 61.5 Å². The fourth-order valence-corrected chi connectivity index (χ4v) is 14.3. The largest absolute Gasteiger partial charge is 0.410 e. The maximum absolute atomic E-state index is 13.8. The number of anilines is 1. The van der Waals surface area contributed by atoms with Gasteiger partial charge in [-0.05, 0) is 53.2 Å². The normalized spacial score (nSPS) is 19.7. The van der Waals surface area contributed by atoms with Crippen LogP contribution in [-0.4, -0.2) is 62.9 Å². The summed E-state index contributed by atoms with van der Waals surface area (Å²) in [7, 11) is -5.09. The molecule has 2 heterocycles. The Morgan fingerprint density at radius 3 is 2.33 bits per heavy atom. The molecule has 252 valence electrons. The molecule has 3 N–H and O–H groups in total. The van der Waals surface area contributed by atoms with Crippen LogP contribution in [0.4, 0.5) is 5.82 Å². The fraction of sp³-hybridized carbons (Fsp3) is 0.516. The van der Waals surface area contributed by atoms with Crippen molar-refractivity contribution in [3.63, 3.8) is 0 Å². The van der Waals surface area contributed by atoms with Gasteiger partial charge >= 0.3 is 10.3 Å². The molecule has 0 aliphatic heterocycles. The highest BCUT2D eigenvalue weighted by atomic mass is 35.5. The quantitative estimate of drug-likeness (QED) is 0.117. The van der Waals surface area contributed by atoms with Gasteiger partial charge in [0.2, 0.25) is 14.1 Å². The van der Waals surface area contributed by atoms with Gasteiger partial charge in [0, 0.05) is 29.9 Å². The summed E-state index contributed by atoms with van der Waals surface area (Å²) < 4.78 is 40.2. The molecule has 3 aromatic rings. The van der Waals surface area contributed by atoms with Crippen molar-refractivity contribution in [3.8, 4) is 0 Å². The topological polar surface area (TPSA) is 140 Å². The van der Waals surface area contributed by atoms with Crippen LogP contribution in [0.1, 0.15) is 86.9 Å². The lowest BCUT2D eigenvalue weighted by Crippen LogP contribution is -2.52. The molecule has 0 bridgehead atoms. The number of halogens is 2. The predicted molar refractivity (Wildman–Crippen MR) is 186 cm³/mol. The van der Waals surface area contributed by atoms with E-state index in [1.165, 1.54) is 19.6 Å². The van der Waals surface area contributed by atoms with E-state index in [4.69, 9.17) is 31.8 Å². The number of ketones is 1. The molecule has 0 unspecified atom stereocenters. The molecule has 2 aromatic heterocycles. The average Bonchev–Trinajstić information content (AvgIpc) is 3.56. The summed E-state index contributed by atoms with van der Waals surface area (Å²) in [5, 5.41) is 14.8. The van der Waals surface area contributed by atoms with Gasteiger partial charge in [-0.3, -0.25) is 8.98 Å². The molecule has 10 nitrogen and oxygen atoms in total. The van der Waals surface area contributed by atoms with Gasteiger partial charge in [-0.1, -0.05) is 76.9 Å².